The zero-order valence-electron chi connectivity index (χ0n) is 14.9. The number of carbonyl (C=O) groups excluding carboxylic acids is 1. The van der Waals surface area contributed by atoms with E-state index >= 15 is 0 Å². The summed E-state index contributed by atoms with van der Waals surface area (Å²) < 4.78 is 2.93. The summed E-state index contributed by atoms with van der Waals surface area (Å²) in [5, 5.41) is 4.47. The second-order valence-corrected chi connectivity index (χ2v) is 10.0. The molecule has 0 saturated carbocycles. The smallest absolute Gasteiger partial charge is 0.269 e. The number of rotatable bonds is 2. The van der Waals surface area contributed by atoms with Crippen LogP contribution in [-0.2, 0) is 0 Å². The van der Waals surface area contributed by atoms with Crippen LogP contribution < -0.4 is 4.90 Å². The van der Waals surface area contributed by atoms with E-state index in [1.54, 1.807) is 21.3 Å². The Kier molecular flexibility index (Phi) is 5.01. The Morgan fingerprint density at radius 2 is 1.45 bits per heavy atom. The van der Waals surface area contributed by atoms with Crippen molar-refractivity contribution in [2.45, 2.75) is 14.1 Å². The van der Waals surface area contributed by atoms with E-state index in [4.69, 9.17) is 12.2 Å². The van der Waals surface area contributed by atoms with Gasteiger partial charge in [-0.3, -0.25) is 9.69 Å². The number of para-hydroxylation sites is 3. The lowest BCUT2D eigenvalue weighted by atomic mass is 10.2. The Labute approximate surface area is 185 Å². The maximum absolute atomic E-state index is 13.4. The van der Waals surface area contributed by atoms with Crippen LogP contribution in [0.4, 0.5) is 16.2 Å². The number of anilines is 2. The van der Waals surface area contributed by atoms with Gasteiger partial charge in [-0.2, -0.15) is 0 Å². The van der Waals surface area contributed by atoms with Gasteiger partial charge in [-0.25, -0.2) is 4.68 Å². The predicted octanol–water partition coefficient (Wildman–Crippen LogP) is 7.18. The SMILES string of the molecule is O=C(Sc1nn(-c2ccccc2)c(=S)s1)N1c2ccccc2Sc2ccccc21. The van der Waals surface area contributed by atoms with Crippen molar-refractivity contribution in [2.75, 3.05) is 4.90 Å². The summed E-state index contributed by atoms with van der Waals surface area (Å²) in [6.45, 7) is 0. The van der Waals surface area contributed by atoms with E-state index in [0.717, 1.165) is 38.6 Å². The van der Waals surface area contributed by atoms with E-state index in [-0.39, 0.29) is 5.24 Å². The van der Waals surface area contributed by atoms with Crippen LogP contribution in [-0.4, -0.2) is 15.0 Å². The summed E-state index contributed by atoms with van der Waals surface area (Å²) in [6, 6.07) is 25.6. The van der Waals surface area contributed by atoms with Crippen LogP contribution in [0.25, 0.3) is 5.69 Å². The molecule has 0 bridgehead atoms. The molecule has 4 aromatic rings. The van der Waals surface area contributed by atoms with E-state index < -0.39 is 0 Å². The third-order valence-electron chi connectivity index (χ3n) is 4.32. The molecule has 1 aliphatic rings. The van der Waals surface area contributed by atoms with Crippen LogP contribution in [0, 0.1) is 3.95 Å². The molecule has 0 radical (unpaired) electrons. The van der Waals surface area contributed by atoms with Gasteiger partial charge in [0.25, 0.3) is 5.24 Å². The molecule has 5 rings (SSSR count). The largest absolute Gasteiger partial charge is 0.297 e. The standard InChI is InChI=1S/C21H13N3OS4/c25-20(28-19-22-24(21(26)29-19)14-8-2-1-3-9-14)23-15-10-4-6-12-17(15)27-18-13-7-5-11-16(18)23/h1-13H. The topological polar surface area (TPSA) is 38.1 Å². The maximum Gasteiger partial charge on any atom is 0.297 e. The highest BCUT2D eigenvalue weighted by molar-refractivity contribution is 8.15. The average Bonchev–Trinajstić information content (AvgIpc) is 3.12. The summed E-state index contributed by atoms with van der Waals surface area (Å²) in [5.41, 5.74) is 2.66. The molecule has 4 nitrogen and oxygen atoms in total. The fraction of sp³-hybridized carbons (Fsp3) is 0. The molecule has 1 aromatic heterocycles. The van der Waals surface area contributed by atoms with Crippen molar-refractivity contribution < 1.29 is 4.79 Å². The van der Waals surface area contributed by atoms with Gasteiger partial charge in [-0.1, -0.05) is 65.6 Å². The Hall–Kier alpha value is -2.39. The number of aromatic nitrogens is 2. The van der Waals surface area contributed by atoms with Crippen LogP contribution in [0.1, 0.15) is 0 Å². The van der Waals surface area contributed by atoms with Gasteiger partial charge in [-0.05, 0) is 48.6 Å². The van der Waals surface area contributed by atoms with Gasteiger partial charge in [0.05, 0.1) is 17.1 Å². The average molecular weight is 452 g/mol. The van der Waals surface area contributed by atoms with Crippen molar-refractivity contribution in [3.05, 3.63) is 82.8 Å². The first kappa shape index (κ1) is 18.6. The molecule has 0 unspecified atom stereocenters. The number of carbonyl (C=O) groups is 1. The maximum atomic E-state index is 13.4. The number of fused-ring (bicyclic) bond motifs is 2. The summed E-state index contributed by atoms with van der Waals surface area (Å²) >= 11 is 9.59. The highest BCUT2D eigenvalue weighted by atomic mass is 32.2. The number of benzene rings is 3. The quantitative estimate of drug-likeness (QED) is 0.238. The molecule has 3 aromatic carbocycles. The molecule has 0 atom stereocenters. The Morgan fingerprint density at radius 1 is 0.862 bits per heavy atom. The molecule has 0 fully saturated rings. The second kappa shape index (κ2) is 7.79. The van der Waals surface area contributed by atoms with Crippen molar-refractivity contribution in [3.63, 3.8) is 0 Å². The first-order chi connectivity index (χ1) is 14.2. The minimum Gasteiger partial charge on any atom is -0.269 e. The zero-order valence-corrected chi connectivity index (χ0v) is 18.2. The van der Waals surface area contributed by atoms with E-state index in [9.17, 15) is 4.79 Å². The monoisotopic (exact) mass is 451 g/mol. The fourth-order valence-electron chi connectivity index (χ4n) is 3.06. The molecule has 29 heavy (non-hydrogen) atoms. The lowest BCUT2D eigenvalue weighted by Crippen LogP contribution is -2.24. The molecule has 2 heterocycles. The molecule has 0 spiro atoms. The highest BCUT2D eigenvalue weighted by Gasteiger charge is 2.29. The van der Waals surface area contributed by atoms with Crippen LogP contribution in [0.5, 0.6) is 0 Å². The van der Waals surface area contributed by atoms with Crippen molar-refractivity contribution in [1.29, 1.82) is 0 Å². The van der Waals surface area contributed by atoms with Crippen LogP contribution >= 0.6 is 47.1 Å². The number of hydrogen-bond acceptors (Lipinski definition) is 6. The fourth-order valence-corrected chi connectivity index (χ4v) is 6.34. The van der Waals surface area contributed by atoms with E-state index in [0.29, 0.717) is 8.29 Å². The Balaban J connectivity index is 1.50. The molecular weight excluding hydrogens is 439 g/mol. The van der Waals surface area contributed by atoms with Gasteiger partial charge < -0.3 is 0 Å². The molecular formula is C21H13N3OS4. The molecule has 1 aliphatic heterocycles. The van der Waals surface area contributed by atoms with Gasteiger partial charge in [0.1, 0.15) is 0 Å². The summed E-state index contributed by atoms with van der Waals surface area (Å²) in [7, 11) is 0. The lowest BCUT2D eigenvalue weighted by Gasteiger charge is -2.30. The number of nitrogens with zero attached hydrogens (tertiary/aromatic N) is 3. The normalized spacial score (nSPS) is 12.3. The van der Waals surface area contributed by atoms with Crippen molar-refractivity contribution in [3.8, 4) is 5.69 Å². The van der Waals surface area contributed by atoms with Gasteiger partial charge in [-0.15, -0.1) is 5.10 Å². The van der Waals surface area contributed by atoms with Crippen molar-refractivity contribution >= 4 is 63.7 Å². The van der Waals surface area contributed by atoms with Gasteiger partial charge in [0.2, 0.25) is 0 Å². The third-order valence-corrected chi connectivity index (χ3v) is 7.59. The van der Waals surface area contributed by atoms with E-state index in [1.165, 1.54) is 11.3 Å². The molecule has 0 aliphatic carbocycles. The summed E-state index contributed by atoms with van der Waals surface area (Å²) in [4.78, 5) is 17.2. The molecule has 0 saturated heterocycles. The minimum absolute atomic E-state index is 0.103. The van der Waals surface area contributed by atoms with Gasteiger partial charge >= 0.3 is 0 Å². The minimum atomic E-state index is -0.103. The van der Waals surface area contributed by atoms with Crippen LogP contribution in [0.3, 0.4) is 0 Å². The Morgan fingerprint density at radius 3 is 2.10 bits per heavy atom. The number of hydrogen-bond donors (Lipinski definition) is 0. The lowest BCUT2D eigenvalue weighted by molar-refractivity contribution is 0.266. The summed E-state index contributed by atoms with van der Waals surface area (Å²) in [5.74, 6) is 0. The first-order valence-electron chi connectivity index (χ1n) is 8.74. The molecule has 1 amide bonds. The zero-order chi connectivity index (χ0) is 19.8. The molecule has 8 heteroatoms. The van der Waals surface area contributed by atoms with Crippen molar-refractivity contribution in [1.82, 2.24) is 9.78 Å². The second-order valence-electron chi connectivity index (χ2n) is 6.12. The highest BCUT2D eigenvalue weighted by Crippen LogP contribution is 2.49. The van der Waals surface area contributed by atoms with Gasteiger partial charge in [0.15, 0.2) is 8.29 Å². The van der Waals surface area contributed by atoms with E-state index in [1.807, 2.05) is 78.9 Å². The summed E-state index contributed by atoms with van der Waals surface area (Å²) in [6.07, 6.45) is 0. The molecule has 0 N–H and O–H groups in total. The predicted molar refractivity (Wildman–Crippen MR) is 123 cm³/mol. The van der Waals surface area contributed by atoms with Crippen LogP contribution in [0.2, 0.25) is 0 Å². The first-order valence-corrected chi connectivity index (χ1v) is 11.6. The van der Waals surface area contributed by atoms with Crippen LogP contribution in [0.15, 0.2) is 93.0 Å². The Bertz CT molecular complexity index is 1220. The molecule has 142 valence electrons. The number of amides is 1. The van der Waals surface area contributed by atoms with Gasteiger partial charge in [0, 0.05) is 21.6 Å². The van der Waals surface area contributed by atoms with E-state index in [2.05, 4.69) is 5.10 Å². The third kappa shape index (κ3) is 3.53. The number of thioether (sulfide) groups is 1. The van der Waals surface area contributed by atoms with Crippen molar-refractivity contribution in [2.24, 2.45) is 0 Å².